The van der Waals surface area contributed by atoms with Crippen LogP contribution in [0.2, 0.25) is 0 Å². The standard InChI is InChI=1S/C18H27NO/c1-2-3-4-5-6-10-13-19-18(20)17-14-16(17)15-11-8-7-9-12-15/h7-9,11-12,16-17H,2-6,10,13-14H2,1H3,(H,19,20)/t16-,17+/m1/s1. The first-order valence-corrected chi connectivity index (χ1v) is 8.15. The molecule has 2 heteroatoms. The van der Waals surface area contributed by atoms with Gasteiger partial charge in [-0.15, -0.1) is 0 Å². The molecule has 2 nitrogen and oxygen atoms in total. The van der Waals surface area contributed by atoms with E-state index in [4.69, 9.17) is 0 Å². The summed E-state index contributed by atoms with van der Waals surface area (Å²) in [6.07, 6.45) is 8.66. The van der Waals surface area contributed by atoms with Crippen molar-refractivity contribution in [3.05, 3.63) is 35.9 Å². The van der Waals surface area contributed by atoms with E-state index in [0.29, 0.717) is 5.92 Å². The quantitative estimate of drug-likeness (QED) is 0.669. The molecule has 0 unspecified atom stereocenters. The maximum atomic E-state index is 12.0. The lowest BCUT2D eigenvalue weighted by molar-refractivity contribution is -0.122. The fourth-order valence-electron chi connectivity index (χ4n) is 2.80. The molecule has 2 atom stereocenters. The molecule has 1 N–H and O–H groups in total. The van der Waals surface area contributed by atoms with Crippen molar-refractivity contribution in [2.24, 2.45) is 5.92 Å². The minimum Gasteiger partial charge on any atom is -0.356 e. The first-order valence-electron chi connectivity index (χ1n) is 8.15. The average Bonchev–Trinajstić information content (AvgIpc) is 3.27. The maximum Gasteiger partial charge on any atom is 0.223 e. The molecule has 1 saturated carbocycles. The second-order valence-corrected chi connectivity index (χ2v) is 5.92. The summed E-state index contributed by atoms with van der Waals surface area (Å²) in [4.78, 5) is 12.0. The summed E-state index contributed by atoms with van der Waals surface area (Å²) in [5, 5.41) is 3.10. The first-order chi connectivity index (χ1) is 9.83. The third-order valence-corrected chi connectivity index (χ3v) is 4.18. The predicted octanol–water partition coefficient (Wildman–Crippen LogP) is 4.27. The zero-order chi connectivity index (χ0) is 14.2. The van der Waals surface area contributed by atoms with Crippen molar-refractivity contribution in [2.45, 2.75) is 57.8 Å². The van der Waals surface area contributed by atoms with Gasteiger partial charge in [-0.1, -0.05) is 69.4 Å². The van der Waals surface area contributed by atoms with E-state index >= 15 is 0 Å². The molecule has 1 aliphatic rings. The molecule has 20 heavy (non-hydrogen) atoms. The van der Waals surface area contributed by atoms with Gasteiger partial charge < -0.3 is 5.32 Å². The Morgan fingerprint density at radius 2 is 1.80 bits per heavy atom. The first kappa shape index (κ1) is 15.1. The van der Waals surface area contributed by atoms with Crippen LogP contribution < -0.4 is 5.32 Å². The number of rotatable bonds is 9. The fraction of sp³-hybridized carbons (Fsp3) is 0.611. The van der Waals surface area contributed by atoms with Crippen molar-refractivity contribution in [1.29, 1.82) is 0 Å². The Balaban J connectivity index is 1.56. The molecule has 1 aliphatic carbocycles. The number of hydrogen-bond donors (Lipinski definition) is 1. The van der Waals surface area contributed by atoms with Crippen LogP contribution in [0.25, 0.3) is 0 Å². The van der Waals surface area contributed by atoms with Gasteiger partial charge in [0.25, 0.3) is 0 Å². The zero-order valence-corrected chi connectivity index (χ0v) is 12.6. The van der Waals surface area contributed by atoms with Gasteiger partial charge in [0.15, 0.2) is 0 Å². The van der Waals surface area contributed by atoms with Crippen LogP contribution in [-0.4, -0.2) is 12.5 Å². The molecule has 0 bridgehead atoms. The molecule has 110 valence electrons. The number of benzene rings is 1. The van der Waals surface area contributed by atoms with E-state index in [9.17, 15) is 4.79 Å². The number of carbonyl (C=O) groups is 1. The number of nitrogens with one attached hydrogen (secondary N) is 1. The molecule has 2 rings (SSSR count). The van der Waals surface area contributed by atoms with Crippen LogP contribution in [-0.2, 0) is 4.79 Å². The molecular weight excluding hydrogens is 246 g/mol. The van der Waals surface area contributed by atoms with E-state index in [1.165, 1.54) is 37.7 Å². The minimum atomic E-state index is 0.220. The van der Waals surface area contributed by atoms with E-state index in [2.05, 4.69) is 36.5 Å². The summed E-state index contributed by atoms with van der Waals surface area (Å²) in [6, 6.07) is 10.4. The molecular formula is C18H27NO. The van der Waals surface area contributed by atoms with Crippen molar-refractivity contribution in [3.63, 3.8) is 0 Å². The Morgan fingerprint density at radius 3 is 2.55 bits per heavy atom. The van der Waals surface area contributed by atoms with E-state index in [-0.39, 0.29) is 11.8 Å². The van der Waals surface area contributed by atoms with E-state index in [1.54, 1.807) is 0 Å². The summed E-state index contributed by atoms with van der Waals surface area (Å²) < 4.78 is 0. The maximum absolute atomic E-state index is 12.0. The summed E-state index contributed by atoms with van der Waals surface area (Å²) in [7, 11) is 0. The Hall–Kier alpha value is -1.31. The van der Waals surface area contributed by atoms with Gasteiger partial charge in [-0.3, -0.25) is 4.79 Å². The van der Waals surface area contributed by atoms with Crippen LogP contribution in [0.3, 0.4) is 0 Å². The number of amides is 1. The highest BCUT2D eigenvalue weighted by Gasteiger charge is 2.43. The summed E-state index contributed by atoms with van der Waals surface area (Å²) in [5.41, 5.74) is 1.31. The summed E-state index contributed by atoms with van der Waals surface area (Å²) in [6.45, 7) is 3.09. The largest absolute Gasteiger partial charge is 0.356 e. The molecule has 0 spiro atoms. The predicted molar refractivity (Wildman–Crippen MR) is 83.7 cm³/mol. The van der Waals surface area contributed by atoms with Crippen LogP contribution in [0, 0.1) is 5.92 Å². The van der Waals surface area contributed by atoms with Gasteiger partial charge in [0.05, 0.1) is 0 Å². The molecule has 0 saturated heterocycles. The van der Waals surface area contributed by atoms with Gasteiger partial charge >= 0.3 is 0 Å². The van der Waals surface area contributed by atoms with Crippen molar-refractivity contribution in [2.75, 3.05) is 6.54 Å². The highest BCUT2D eigenvalue weighted by molar-refractivity contribution is 5.82. The van der Waals surface area contributed by atoms with Gasteiger partial charge in [-0.2, -0.15) is 0 Å². The lowest BCUT2D eigenvalue weighted by Gasteiger charge is -2.05. The smallest absolute Gasteiger partial charge is 0.223 e. The van der Waals surface area contributed by atoms with Crippen molar-refractivity contribution < 1.29 is 4.79 Å². The van der Waals surface area contributed by atoms with E-state index in [0.717, 1.165) is 19.4 Å². The van der Waals surface area contributed by atoms with Gasteiger partial charge in [0.2, 0.25) is 5.91 Å². The SMILES string of the molecule is CCCCCCCCNC(=O)[C@H]1C[C@@H]1c1ccccc1. The molecule has 0 aliphatic heterocycles. The topological polar surface area (TPSA) is 29.1 Å². The van der Waals surface area contributed by atoms with E-state index in [1.807, 2.05) is 6.07 Å². The Morgan fingerprint density at radius 1 is 1.10 bits per heavy atom. The number of carbonyl (C=O) groups excluding carboxylic acids is 1. The number of unbranched alkanes of at least 4 members (excludes halogenated alkanes) is 5. The summed E-state index contributed by atoms with van der Waals surface area (Å²) >= 11 is 0. The molecule has 1 aromatic carbocycles. The second kappa shape index (κ2) is 8.08. The van der Waals surface area contributed by atoms with E-state index < -0.39 is 0 Å². The van der Waals surface area contributed by atoms with Crippen molar-refractivity contribution >= 4 is 5.91 Å². The Kier molecular flexibility index (Phi) is 6.10. The lowest BCUT2D eigenvalue weighted by Crippen LogP contribution is -2.26. The van der Waals surface area contributed by atoms with Crippen LogP contribution in [0.15, 0.2) is 30.3 Å². The van der Waals surface area contributed by atoms with Crippen molar-refractivity contribution in [3.8, 4) is 0 Å². The van der Waals surface area contributed by atoms with Gasteiger partial charge in [0, 0.05) is 12.5 Å². The Labute approximate surface area is 123 Å². The minimum absolute atomic E-state index is 0.220. The van der Waals surface area contributed by atoms with Gasteiger partial charge in [0.1, 0.15) is 0 Å². The normalized spacial score (nSPS) is 20.6. The molecule has 0 aromatic heterocycles. The number of hydrogen-bond acceptors (Lipinski definition) is 1. The van der Waals surface area contributed by atoms with Crippen LogP contribution in [0.5, 0.6) is 0 Å². The third kappa shape index (κ3) is 4.66. The molecule has 0 radical (unpaired) electrons. The molecule has 1 aromatic rings. The lowest BCUT2D eigenvalue weighted by atomic mass is 10.1. The fourth-order valence-corrected chi connectivity index (χ4v) is 2.80. The monoisotopic (exact) mass is 273 g/mol. The molecule has 1 amide bonds. The van der Waals surface area contributed by atoms with Gasteiger partial charge in [-0.05, 0) is 24.3 Å². The highest BCUT2D eigenvalue weighted by Crippen LogP contribution is 2.47. The van der Waals surface area contributed by atoms with Crippen LogP contribution in [0.1, 0.15) is 63.4 Å². The second-order valence-electron chi connectivity index (χ2n) is 5.92. The molecule has 0 heterocycles. The third-order valence-electron chi connectivity index (χ3n) is 4.18. The highest BCUT2D eigenvalue weighted by atomic mass is 16.2. The average molecular weight is 273 g/mol. The van der Waals surface area contributed by atoms with Gasteiger partial charge in [-0.25, -0.2) is 0 Å². The van der Waals surface area contributed by atoms with Crippen LogP contribution >= 0.6 is 0 Å². The zero-order valence-electron chi connectivity index (χ0n) is 12.6. The molecule has 1 fully saturated rings. The summed E-state index contributed by atoms with van der Waals surface area (Å²) in [5.74, 6) is 0.936. The van der Waals surface area contributed by atoms with Crippen molar-refractivity contribution in [1.82, 2.24) is 5.32 Å². The Bertz CT molecular complexity index is 401. The van der Waals surface area contributed by atoms with Crippen LogP contribution in [0.4, 0.5) is 0 Å².